The molecule has 0 aromatic heterocycles. The zero-order chi connectivity index (χ0) is 15.1. The van der Waals surface area contributed by atoms with Crippen LogP contribution < -0.4 is 0 Å². The third kappa shape index (κ3) is 5.20. The van der Waals surface area contributed by atoms with Gasteiger partial charge < -0.3 is 10.0 Å². The van der Waals surface area contributed by atoms with Crippen molar-refractivity contribution in [2.75, 3.05) is 18.9 Å². The molecule has 1 saturated carbocycles. The average molecular weight is 328 g/mol. The zero-order valence-corrected chi connectivity index (χ0v) is 13.7. The lowest BCUT2D eigenvalue weighted by Crippen LogP contribution is -2.45. The number of amides is 1. The van der Waals surface area contributed by atoms with Gasteiger partial charge in [0.1, 0.15) is 0 Å². The lowest BCUT2D eigenvalue weighted by atomic mass is 9.91. The van der Waals surface area contributed by atoms with Crippen molar-refractivity contribution < 1.29 is 9.90 Å². The van der Waals surface area contributed by atoms with Crippen LogP contribution in [0.3, 0.4) is 0 Å². The van der Waals surface area contributed by atoms with E-state index in [2.05, 4.69) is 0 Å². The minimum absolute atomic E-state index is 0.0573. The van der Waals surface area contributed by atoms with E-state index in [9.17, 15) is 4.79 Å². The van der Waals surface area contributed by atoms with Crippen LogP contribution in [0.2, 0.25) is 5.02 Å². The summed E-state index contributed by atoms with van der Waals surface area (Å²) in [6.45, 7) is 0.537. The smallest absolute Gasteiger partial charge is 0.222 e. The molecule has 3 nitrogen and oxygen atoms in total. The van der Waals surface area contributed by atoms with E-state index >= 15 is 0 Å². The van der Waals surface area contributed by atoms with Gasteiger partial charge >= 0.3 is 0 Å². The van der Waals surface area contributed by atoms with Crippen molar-refractivity contribution in [3.05, 3.63) is 29.3 Å². The second kappa shape index (κ2) is 8.66. The first-order valence-electron chi connectivity index (χ1n) is 7.49. The molecule has 0 bridgehead atoms. The van der Waals surface area contributed by atoms with Crippen LogP contribution in [-0.2, 0) is 4.79 Å². The monoisotopic (exact) mass is 327 g/mol. The van der Waals surface area contributed by atoms with E-state index in [1.807, 2.05) is 29.2 Å². The maximum atomic E-state index is 12.2. The van der Waals surface area contributed by atoms with Gasteiger partial charge in [0.15, 0.2) is 0 Å². The Morgan fingerprint density at radius 3 is 2.62 bits per heavy atom. The molecule has 1 aromatic carbocycles. The van der Waals surface area contributed by atoms with Gasteiger partial charge in [0.25, 0.3) is 0 Å². The largest absolute Gasteiger partial charge is 0.395 e. The van der Waals surface area contributed by atoms with Crippen LogP contribution in [-0.4, -0.2) is 40.9 Å². The Morgan fingerprint density at radius 1 is 1.33 bits per heavy atom. The van der Waals surface area contributed by atoms with Gasteiger partial charge in [0.05, 0.1) is 6.61 Å². The quantitative estimate of drug-likeness (QED) is 0.586. The van der Waals surface area contributed by atoms with Gasteiger partial charge in [-0.1, -0.05) is 11.6 Å². The van der Waals surface area contributed by atoms with Crippen LogP contribution in [0.5, 0.6) is 0 Å². The molecule has 1 fully saturated rings. The molecule has 116 valence electrons. The van der Waals surface area contributed by atoms with Crippen molar-refractivity contribution >= 4 is 29.3 Å². The summed E-state index contributed by atoms with van der Waals surface area (Å²) in [6.07, 6.45) is 4.81. The van der Waals surface area contributed by atoms with Crippen molar-refractivity contribution in [1.82, 2.24) is 4.90 Å². The highest BCUT2D eigenvalue weighted by molar-refractivity contribution is 7.99. The zero-order valence-electron chi connectivity index (χ0n) is 12.1. The molecule has 0 aliphatic heterocycles. The molecule has 0 atom stereocenters. The number of carbonyl (C=O) groups excluding carboxylic acids is 1. The molecular weight excluding hydrogens is 306 g/mol. The number of rotatable bonds is 8. The number of thioether (sulfide) groups is 1. The Kier molecular flexibility index (Phi) is 6.87. The van der Waals surface area contributed by atoms with E-state index < -0.39 is 0 Å². The predicted octanol–water partition coefficient (Wildman–Crippen LogP) is 3.59. The highest BCUT2D eigenvalue weighted by atomic mass is 35.5. The van der Waals surface area contributed by atoms with Gasteiger partial charge in [0, 0.05) is 28.9 Å². The number of aliphatic hydroxyl groups is 1. The number of nitrogens with zero attached hydrogens (tertiary/aromatic N) is 1. The third-order valence-corrected chi connectivity index (χ3v) is 5.14. The Hall–Kier alpha value is -0.710. The molecule has 0 saturated heterocycles. The Morgan fingerprint density at radius 2 is 2.05 bits per heavy atom. The fourth-order valence-electron chi connectivity index (χ4n) is 2.40. The molecule has 1 N–H and O–H groups in total. The van der Waals surface area contributed by atoms with Gasteiger partial charge in [-0.25, -0.2) is 0 Å². The van der Waals surface area contributed by atoms with Crippen LogP contribution in [0, 0.1) is 0 Å². The number of carbonyl (C=O) groups is 1. The van der Waals surface area contributed by atoms with Gasteiger partial charge in [-0.2, -0.15) is 0 Å². The Labute approximate surface area is 135 Å². The number of benzene rings is 1. The molecule has 0 heterocycles. The summed E-state index contributed by atoms with van der Waals surface area (Å²) >= 11 is 7.59. The van der Waals surface area contributed by atoms with Crippen LogP contribution in [0.1, 0.15) is 32.1 Å². The highest BCUT2D eigenvalue weighted by Gasteiger charge is 2.27. The summed E-state index contributed by atoms with van der Waals surface area (Å²) in [5, 5.41) is 9.83. The summed E-state index contributed by atoms with van der Waals surface area (Å²) in [4.78, 5) is 15.3. The van der Waals surface area contributed by atoms with Gasteiger partial charge in [0.2, 0.25) is 5.91 Å². The molecule has 0 unspecified atom stereocenters. The van der Waals surface area contributed by atoms with Gasteiger partial charge in [-0.15, -0.1) is 11.8 Å². The summed E-state index contributed by atoms with van der Waals surface area (Å²) in [7, 11) is 0. The van der Waals surface area contributed by atoms with Gasteiger partial charge in [-0.3, -0.25) is 4.79 Å². The van der Waals surface area contributed by atoms with Gasteiger partial charge in [-0.05, 0) is 55.7 Å². The minimum atomic E-state index is 0.0573. The first-order chi connectivity index (χ1) is 10.2. The number of aliphatic hydroxyl groups excluding tert-OH is 1. The van der Waals surface area contributed by atoms with Crippen LogP contribution in [0.15, 0.2) is 29.2 Å². The SMILES string of the molecule is O=C(CCCSc1ccc(Cl)cc1)N(CCO)C1CCC1. The lowest BCUT2D eigenvalue weighted by Gasteiger charge is -2.37. The van der Waals surface area contributed by atoms with Crippen molar-refractivity contribution in [2.45, 2.75) is 43.0 Å². The molecule has 0 radical (unpaired) electrons. The molecular formula is C16H22ClNO2S. The minimum Gasteiger partial charge on any atom is -0.395 e. The first kappa shape index (κ1) is 16.7. The molecule has 1 aliphatic rings. The predicted molar refractivity (Wildman–Crippen MR) is 87.8 cm³/mol. The van der Waals surface area contributed by atoms with Crippen LogP contribution in [0.25, 0.3) is 0 Å². The first-order valence-corrected chi connectivity index (χ1v) is 8.86. The fraction of sp³-hybridized carbons (Fsp3) is 0.562. The highest BCUT2D eigenvalue weighted by Crippen LogP contribution is 2.26. The molecule has 1 aliphatic carbocycles. The van der Waals surface area contributed by atoms with Crippen LogP contribution >= 0.6 is 23.4 Å². The average Bonchev–Trinajstić information content (AvgIpc) is 2.43. The molecule has 0 spiro atoms. The number of hydrogen-bond acceptors (Lipinski definition) is 3. The van der Waals surface area contributed by atoms with Crippen molar-refractivity contribution in [2.24, 2.45) is 0 Å². The van der Waals surface area contributed by atoms with Crippen molar-refractivity contribution in [3.63, 3.8) is 0 Å². The summed E-state index contributed by atoms with van der Waals surface area (Å²) in [5.41, 5.74) is 0. The van der Waals surface area contributed by atoms with E-state index in [1.54, 1.807) is 11.8 Å². The summed E-state index contributed by atoms with van der Waals surface area (Å²) in [5.74, 6) is 1.11. The maximum absolute atomic E-state index is 12.2. The van der Waals surface area contributed by atoms with Crippen molar-refractivity contribution in [1.29, 1.82) is 0 Å². The maximum Gasteiger partial charge on any atom is 0.222 e. The van der Waals surface area contributed by atoms with E-state index in [4.69, 9.17) is 16.7 Å². The Balaban J connectivity index is 1.69. The lowest BCUT2D eigenvalue weighted by molar-refractivity contribution is -0.135. The molecule has 1 amide bonds. The normalized spacial score (nSPS) is 14.8. The van der Waals surface area contributed by atoms with Crippen molar-refractivity contribution in [3.8, 4) is 0 Å². The molecule has 21 heavy (non-hydrogen) atoms. The summed E-state index contributed by atoms with van der Waals surface area (Å²) in [6, 6.07) is 8.14. The number of hydrogen-bond donors (Lipinski definition) is 1. The summed E-state index contributed by atoms with van der Waals surface area (Å²) < 4.78 is 0. The molecule has 1 aromatic rings. The number of halogens is 1. The van der Waals surface area contributed by atoms with E-state index in [1.165, 1.54) is 11.3 Å². The second-order valence-corrected chi connectivity index (χ2v) is 6.91. The second-order valence-electron chi connectivity index (χ2n) is 5.30. The standard InChI is InChI=1S/C16H22ClNO2S/c17-13-6-8-15(9-7-13)21-12-2-5-16(20)18(10-11-19)14-3-1-4-14/h6-9,14,19H,1-5,10-12H2. The van der Waals surface area contributed by atoms with Crippen LogP contribution in [0.4, 0.5) is 0 Å². The third-order valence-electron chi connectivity index (χ3n) is 3.79. The molecule has 2 rings (SSSR count). The molecule has 5 heteroatoms. The Bertz CT molecular complexity index is 448. The van der Waals surface area contributed by atoms with E-state index in [-0.39, 0.29) is 12.5 Å². The topological polar surface area (TPSA) is 40.5 Å². The van der Waals surface area contributed by atoms with E-state index in [0.29, 0.717) is 19.0 Å². The van der Waals surface area contributed by atoms with E-state index in [0.717, 1.165) is 30.0 Å². The fourth-order valence-corrected chi connectivity index (χ4v) is 3.38.